The van der Waals surface area contributed by atoms with Crippen LogP contribution in [0.4, 0.5) is 0 Å². The predicted octanol–water partition coefficient (Wildman–Crippen LogP) is 3.08. The number of hydrogen-bond acceptors (Lipinski definition) is 3. The van der Waals surface area contributed by atoms with Gasteiger partial charge in [-0.2, -0.15) is 0 Å². The highest BCUT2D eigenvalue weighted by molar-refractivity contribution is 5.97. The normalized spacial score (nSPS) is 14.5. The highest BCUT2D eigenvalue weighted by atomic mass is 16.5. The Balaban J connectivity index is 2.06. The van der Waals surface area contributed by atoms with Gasteiger partial charge in [0.1, 0.15) is 11.5 Å². The second-order valence-corrected chi connectivity index (χ2v) is 4.50. The molecule has 1 aliphatic carbocycles. The third kappa shape index (κ3) is 3.22. The fraction of sp³-hybridized carbons (Fsp3) is 0.500. The van der Waals surface area contributed by atoms with Gasteiger partial charge in [0.25, 0.3) is 0 Å². The summed E-state index contributed by atoms with van der Waals surface area (Å²) >= 11 is 0. The lowest BCUT2D eigenvalue weighted by Crippen LogP contribution is -2.04. The van der Waals surface area contributed by atoms with Crippen LogP contribution < -0.4 is 9.47 Å². The van der Waals surface area contributed by atoms with E-state index in [1.54, 1.807) is 32.2 Å². The topological polar surface area (TPSA) is 35.5 Å². The van der Waals surface area contributed by atoms with E-state index in [-0.39, 0.29) is 5.78 Å². The van der Waals surface area contributed by atoms with Crippen LogP contribution >= 0.6 is 0 Å². The van der Waals surface area contributed by atoms with Crippen molar-refractivity contribution in [1.29, 1.82) is 0 Å². The van der Waals surface area contributed by atoms with Gasteiger partial charge in [-0.05, 0) is 31.4 Å². The maximum atomic E-state index is 11.5. The molecule has 2 rings (SSSR count). The Morgan fingerprint density at radius 2 is 2.18 bits per heavy atom. The maximum absolute atomic E-state index is 11.5. The molecule has 1 fully saturated rings. The van der Waals surface area contributed by atoms with E-state index in [0.29, 0.717) is 17.9 Å². The Hall–Kier alpha value is -1.51. The average molecular weight is 234 g/mol. The zero-order chi connectivity index (χ0) is 12.3. The lowest BCUT2D eigenvalue weighted by atomic mass is 10.1. The summed E-state index contributed by atoms with van der Waals surface area (Å²) in [5, 5.41) is 0. The van der Waals surface area contributed by atoms with Gasteiger partial charge in [0.05, 0.1) is 19.3 Å². The molecule has 0 aliphatic heterocycles. The highest BCUT2D eigenvalue weighted by Gasteiger charge is 2.21. The first-order valence-corrected chi connectivity index (χ1v) is 6.02. The van der Waals surface area contributed by atoms with Crippen LogP contribution in [0.2, 0.25) is 0 Å². The molecule has 1 aromatic rings. The van der Waals surface area contributed by atoms with Crippen molar-refractivity contribution >= 4 is 5.78 Å². The van der Waals surface area contributed by atoms with Gasteiger partial charge >= 0.3 is 0 Å². The van der Waals surface area contributed by atoms with Crippen LogP contribution in [0.25, 0.3) is 0 Å². The van der Waals surface area contributed by atoms with Crippen molar-refractivity contribution < 1.29 is 14.3 Å². The zero-order valence-corrected chi connectivity index (χ0v) is 10.4. The minimum atomic E-state index is 0.0223. The Kier molecular flexibility index (Phi) is 3.67. The first kappa shape index (κ1) is 12.0. The van der Waals surface area contributed by atoms with Crippen LogP contribution in [0, 0.1) is 5.92 Å². The number of hydrogen-bond donors (Lipinski definition) is 0. The molecule has 0 bridgehead atoms. The summed E-state index contributed by atoms with van der Waals surface area (Å²) in [5.41, 5.74) is 0.626. The summed E-state index contributed by atoms with van der Waals surface area (Å²) in [7, 11) is 1.61. The Bertz CT molecular complexity index is 408. The van der Waals surface area contributed by atoms with E-state index in [9.17, 15) is 4.79 Å². The lowest BCUT2D eigenvalue weighted by molar-refractivity contribution is 0.101. The molecule has 1 saturated carbocycles. The van der Waals surface area contributed by atoms with E-state index in [0.717, 1.165) is 18.1 Å². The largest absolute Gasteiger partial charge is 0.497 e. The molecule has 0 amide bonds. The third-order valence-electron chi connectivity index (χ3n) is 3.05. The number of rotatable bonds is 6. The first-order valence-electron chi connectivity index (χ1n) is 6.02. The lowest BCUT2D eigenvalue weighted by Gasteiger charge is -2.11. The highest BCUT2D eigenvalue weighted by Crippen LogP contribution is 2.33. The van der Waals surface area contributed by atoms with Crippen LogP contribution in [0.1, 0.15) is 36.5 Å². The minimum absolute atomic E-state index is 0.0223. The second-order valence-electron chi connectivity index (χ2n) is 4.50. The van der Waals surface area contributed by atoms with Gasteiger partial charge < -0.3 is 9.47 Å². The number of benzene rings is 1. The van der Waals surface area contributed by atoms with Gasteiger partial charge in [-0.1, -0.05) is 12.8 Å². The van der Waals surface area contributed by atoms with Crippen LogP contribution in [0.15, 0.2) is 18.2 Å². The van der Waals surface area contributed by atoms with Gasteiger partial charge in [-0.25, -0.2) is 0 Å². The monoisotopic (exact) mass is 234 g/mol. The molecule has 0 radical (unpaired) electrons. The molecule has 0 atom stereocenters. The summed E-state index contributed by atoms with van der Waals surface area (Å²) in [6.07, 6.45) is 3.72. The molecule has 0 aromatic heterocycles. The first-order chi connectivity index (χ1) is 8.20. The molecule has 0 N–H and O–H groups in total. The number of methoxy groups -OCH3 is 1. The molecule has 0 unspecified atom stereocenters. The van der Waals surface area contributed by atoms with Gasteiger partial charge in [-0.15, -0.1) is 0 Å². The Morgan fingerprint density at radius 1 is 1.41 bits per heavy atom. The van der Waals surface area contributed by atoms with Crippen LogP contribution in [-0.2, 0) is 0 Å². The second kappa shape index (κ2) is 5.21. The molecular formula is C14H18O3. The fourth-order valence-electron chi connectivity index (χ4n) is 1.78. The Morgan fingerprint density at radius 3 is 2.76 bits per heavy atom. The SMILES string of the molecule is COc1ccc(C(C)=O)c(OCCC2CC2)c1. The van der Waals surface area contributed by atoms with Crippen LogP contribution in [-0.4, -0.2) is 19.5 Å². The van der Waals surface area contributed by atoms with Crippen molar-refractivity contribution in [3.05, 3.63) is 23.8 Å². The molecule has 1 aromatic carbocycles. The standard InChI is InChI=1S/C14H18O3/c1-10(15)13-6-5-12(16-2)9-14(13)17-8-7-11-3-4-11/h5-6,9,11H,3-4,7-8H2,1-2H3. The summed E-state index contributed by atoms with van der Waals surface area (Å²) < 4.78 is 10.8. The number of carbonyl (C=O) groups excluding carboxylic acids is 1. The van der Waals surface area contributed by atoms with E-state index in [1.807, 2.05) is 0 Å². The van der Waals surface area contributed by atoms with Gasteiger partial charge in [0.2, 0.25) is 0 Å². The number of carbonyl (C=O) groups is 1. The summed E-state index contributed by atoms with van der Waals surface area (Å²) in [6, 6.07) is 5.32. The smallest absolute Gasteiger partial charge is 0.163 e. The van der Waals surface area contributed by atoms with E-state index in [4.69, 9.17) is 9.47 Å². The molecule has 0 saturated heterocycles. The van der Waals surface area contributed by atoms with Gasteiger partial charge in [0.15, 0.2) is 5.78 Å². The van der Waals surface area contributed by atoms with E-state index >= 15 is 0 Å². The van der Waals surface area contributed by atoms with E-state index < -0.39 is 0 Å². The van der Waals surface area contributed by atoms with Crippen LogP contribution in [0.5, 0.6) is 11.5 Å². The maximum Gasteiger partial charge on any atom is 0.163 e. The number of ether oxygens (including phenoxy) is 2. The molecule has 3 heteroatoms. The van der Waals surface area contributed by atoms with E-state index in [1.165, 1.54) is 12.8 Å². The molecule has 0 spiro atoms. The van der Waals surface area contributed by atoms with Crippen molar-refractivity contribution in [3.8, 4) is 11.5 Å². The molecule has 0 heterocycles. The quantitative estimate of drug-likeness (QED) is 0.709. The Labute approximate surface area is 102 Å². The van der Waals surface area contributed by atoms with Gasteiger partial charge in [0, 0.05) is 6.07 Å². The van der Waals surface area contributed by atoms with Crippen molar-refractivity contribution in [2.75, 3.05) is 13.7 Å². The molecule has 17 heavy (non-hydrogen) atoms. The van der Waals surface area contributed by atoms with Crippen molar-refractivity contribution in [2.24, 2.45) is 5.92 Å². The van der Waals surface area contributed by atoms with Crippen LogP contribution in [0.3, 0.4) is 0 Å². The molecule has 92 valence electrons. The zero-order valence-electron chi connectivity index (χ0n) is 10.4. The van der Waals surface area contributed by atoms with E-state index in [2.05, 4.69) is 0 Å². The van der Waals surface area contributed by atoms with Crippen molar-refractivity contribution in [3.63, 3.8) is 0 Å². The van der Waals surface area contributed by atoms with Crippen molar-refractivity contribution in [1.82, 2.24) is 0 Å². The minimum Gasteiger partial charge on any atom is -0.497 e. The summed E-state index contributed by atoms with van der Waals surface area (Å²) in [5.74, 6) is 2.21. The van der Waals surface area contributed by atoms with Crippen molar-refractivity contribution in [2.45, 2.75) is 26.2 Å². The summed E-state index contributed by atoms with van der Waals surface area (Å²) in [4.78, 5) is 11.5. The molecular weight excluding hydrogens is 216 g/mol. The number of Topliss-reactive ketones (excluding diaryl/α,β-unsaturated/α-hetero) is 1. The molecule has 3 nitrogen and oxygen atoms in total. The fourth-order valence-corrected chi connectivity index (χ4v) is 1.78. The average Bonchev–Trinajstić information content (AvgIpc) is 3.12. The molecule has 1 aliphatic rings. The summed E-state index contributed by atoms with van der Waals surface area (Å²) in [6.45, 7) is 2.23. The van der Waals surface area contributed by atoms with Gasteiger partial charge in [-0.3, -0.25) is 4.79 Å². The predicted molar refractivity (Wildman–Crippen MR) is 65.8 cm³/mol. The third-order valence-corrected chi connectivity index (χ3v) is 3.05. The number of ketones is 1.